The maximum Gasteiger partial charge on any atom is 0.135 e. The van der Waals surface area contributed by atoms with E-state index in [0.29, 0.717) is 0 Å². The van der Waals surface area contributed by atoms with Crippen molar-refractivity contribution in [3.63, 3.8) is 0 Å². The standard InChI is InChI=1S/C14H19ClN4S/c1-4-5-12-18-13(16-3)9(2)14(19-12)17-8-10-6-7-11(15)20-10/h6-7H,4-5,8H2,1-3H3,(H2,16,17,18,19). The summed E-state index contributed by atoms with van der Waals surface area (Å²) in [6.45, 7) is 4.87. The van der Waals surface area contributed by atoms with Crippen molar-refractivity contribution in [2.45, 2.75) is 33.2 Å². The minimum absolute atomic E-state index is 0.726. The fraction of sp³-hybridized carbons (Fsp3) is 0.429. The molecule has 6 heteroatoms. The summed E-state index contributed by atoms with van der Waals surface area (Å²) in [5.41, 5.74) is 1.04. The van der Waals surface area contributed by atoms with Crippen molar-refractivity contribution in [1.82, 2.24) is 9.97 Å². The molecule has 0 amide bonds. The molecule has 0 unspecified atom stereocenters. The number of hydrogen-bond acceptors (Lipinski definition) is 5. The predicted molar refractivity (Wildman–Crippen MR) is 87.0 cm³/mol. The van der Waals surface area contributed by atoms with Gasteiger partial charge in [-0.25, -0.2) is 9.97 Å². The summed E-state index contributed by atoms with van der Waals surface area (Å²) in [4.78, 5) is 10.3. The largest absolute Gasteiger partial charge is 0.373 e. The van der Waals surface area contributed by atoms with E-state index in [1.54, 1.807) is 11.3 Å². The van der Waals surface area contributed by atoms with Crippen LogP contribution < -0.4 is 10.6 Å². The van der Waals surface area contributed by atoms with Gasteiger partial charge in [-0.15, -0.1) is 11.3 Å². The van der Waals surface area contributed by atoms with Gasteiger partial charge < -0.3 is 10.6 Å². The third kappa shape index (κ3) is 3.61. The highest BCUT2D eigenvalue weighted by molar-refractivity contribution is 7.16. The second kappa shape index (κ2) is 6.90. The molecule has 2 aromatic heterocycles. The normalized spacial score (nSPS) is 10.6. The van der Waals surface area contributed by atoms with Crippen molar-refractivity contribution in [3.8, 4) is 0 Å². The predicted octanol–water partition coefficient (Wildman–Crippen LogP) is 4.11. The minimum atomic E-state index is 0.726. The van der Waals surface area contributed by atoms with Gasteiger partial charge in [0.2, 0.25) is 0 Å². The van der Waals surface area contributed by atoms with Crippen LogP contribution in [0.1, 0.15) is 29.6 Å². The van der Waals surface area contributed by atoms with Crippen LogP contribution in [-0.4, -0.2) is 17.0 Å². The molecule has 0 spiro atoms. The fourth-order valence-corrected chi connectivity index (χ4v) is 2.96. The summed E-state index contributed by atoms with van der Waals surface area (Å²) in [6.07, 6.45) is 1.92. The average Bonchev–Trinajstić information content (AvgIpc) is 2.85. The lowest BCUT2D eigenvalue weighted by atomic mass is 10.2. The maximum atomic E-state index is 5.94. The molecule has 4 nitrogen and oxygen atoms in total. The Hall–Kier alpha value is -1.33. The summed E-state index contributed by atoms with van der Waals surface area (Å²) in [5.74, 6) is 2.64. The highest BCUT2D eigenvalue weighted by Crippen LogP contribution is 2.24. The van der Waals surface area contributed by atoms with Gasteiger partial charge in [-0.1, -0.05) is 18.5 Å². The molecule has 0 aliphatic heterocycles. The molecule has 0 radical (unpaired) electrons. The van der Waals surface area contributed by atoms with E-state index in [1.807, 2.05) is 26.1 Å². The van der Waals surface area contributed by atoms with E-state index in [2.05, 4.69) is 27.5 Å². The quantitative estimate of drug-likeness (QED) is 0.843. The van der Waals surface area contributed by atoms with Crippen molar-refractivity contribution in [2.75, 3.05) is 17.7 Å². The molecule has 2 rings (SSSR count). The number of hydrogen-bond donors (Lipinski definition) is 2. The van der Waals surface area contributed by atoms with E-state index >= 15 is 0 Å². The van der Waals surface area contributed by atoms with Crippen LogP contribution in [-0.2, 0) is 13.0 Å². The van der Waals surface area contributed by atoms with Crippen LogP contribution in [0.3, 0.4) is 0 Å². The first-order valence-electron chi connectivity index (χ1n) is 6.67. The molecular weight excluding hydrogens is 292 g/mol. The number of rotatable bonds is 6. The van der Waals surface area contributed by atoms with Gasteiger partial charge in [0.1, 0.15) is 17.5 Å². The lowest BCUT2D eigenvalue weighted by Crippen LogP contribution is -2.09. The Morgan fingerprint density at radius 3 is 2.60 bits per heavy atom. The number of anilines is 2. The second-order valence-electron chi connectivity index (χ2n) is 4.52. The first kappa shape index (κ1) is 15.1. The molecule has 20 heavy (non-hydrogen) atoms. The molecule has 2 heterocycles. The number of aromatic nitrogens is 2. The van der Waals surface area contributed by atoms with E-state index in [4.69, 9.17) is 11.6 Å². The summed E-state index contributed by atoms with van der Waals surface area (Å²) in [7, 11) is 1.88. The Morgan fingerprint density at radius 2 is 2.00 bits per heavy atom. The number of aryl methyl sites for hydroxylation is 1. The molecule has 0 aliphatic rings. The zero-order valence-corrected chi connectivity index (χ0v) is 13.5. The number of halogens is 1. The molecule has 0 aliphatic carbocycles. The molecule has 0 fully saturated rings. The van der Waals surface area contributed by atoms with E-state index in [-0.39, 0.29) is 0 Å². The fourth-order valence-electron chi connectivity index (χ4n) is 1.93. The van der Waals surface area contributed by atoms with Gasteiger partial charge in [0.25, 0.3) is 0 Å². The number of nitrogens with zero attached hydrogens (tertiary/aromatic N) is 2. The van der Waals surface area contributed by atoms with Crippen LogP contribution in [0.2, 0.25) is 4.34 Å². The smallest absolute Gasteiger partial charge is 0.135 e. The van der Waals surface area contributed by atoms with Crippen molar-refractivity contribution >= 4 is 34.6 Å². The van der Waals surface area contributed by atoms with Crippen molar-refractivity contribution in [2.24, 2.45) is 0 Å². The Labute approximate surface area is 128 Å². The van der Waals surface area contributed by atoms with Crippen LogP contribution in [0, 0.1) is 6.92 Å². The van der Waals surface area contributed by atoms with Gasteiger partial charge in [0.15, 0.2) is 0 Å². The van der Waals surface area contributed by atoms with Crippen molar-refractivity contribution in [3.05, 3.63) is 32.7 Å². The second-order valence-corrected chi connectivity index (χ2v) is 6.32. The van der Waals surface area contributed by atoms with Gasteiger partial charge in [-0.05, 0) is 25.5 Å². The third-order valence-corrected chi connectivity index (χ3v) is 4.19. The topological polar surface area (TPSA) is 49.8 Å². The molecule has 0 atom stereocenters. The van der Waals surface area contributed by atoms with Gasteiger partial charge in [0, 0.05) is 23.9 Å². The van der Waals surface area contributed by atoms with E-state index in [1.165, 1.54) is 4.88 Å². The average molecular weight is 311 g/mol. The van der Waals surface area contributed by atoms with E-state index < -0.39 is 0 Å². The zero-order chi connectivity index (χ0) is 14.5. The molecule has 0 saturated heterocycles. The van der Waals surface area contributed by atoms with Crippen molar-refractivity contribution < 1.29 is 0 Å². The lowest BCUT2D eigenvalue weighted by Gasteiger charge is -2.13. The Morgan fingerprint density at radius 1 is 1.25 bits per heavy atom. The van der Waals surface area contributed by atoms with E-state index in [9.17, 15) is 0 Å². The van der Waals surface area contributed by atoms with Crippen LogP contribution in [0.5, 0.6) is 0 Å². The van der Waals surface area contributed by atoms with Gasteiger partial charge >= 0.3 is 0 Å². The molecule has 0 aromatic carbocycles. The van der Waals surface area contributed by atoms with Crippen LogP contribution >= 0.6 is 22.9 Å². The first-order valence-corrected chi connectivity index (χ1v) is 7.86. The van der Waals surface area contributed by atoms with Gasteiger partial charge in [-0.3, -0.25) is 0 Å². The molecular formula is C14H19ClN4S. The molecule has 2 N–H and O–H groups in total. The summed E-state index contributed by atoms with van der Waals surface area (Å²) in [6, 6.07) is 3.94. The Bertz CT molecular complexity index is 583. The SMILES string of the molecule is CCCc1nc(NC)c(C)c(NCc2ccc(Cl)s2)n1. The monoisotopic (exact) mass is 310 g/mol. The van der Waals surface area contributed by atoms with Crippen LogP contribution in [0.15, 0.2) is 12.1 Å². The summed E-state index contributed by atoms with van der Waals surface area (Å²) >= 11 is 7.52. The number of thiophene rings is 1. The zero-order valence-electron chi connectivity index (χ0n) is 12.0. The van der Waals surface area contributed by atoms with Crippen LogP contribution in [0.4, 0.5) is 11.6 Å². The van der Waals surface area contributed by atoms with Crippen LogP contribution in [0.25, 0.3) is 0 Å². The van der Waals surface area contributed by atoms with Gasteiger partial charge in [0.05, 0.1) is 10.9 Å². The Kier molecular flexibility index (Phi) is 5.20. The summed E-state index contributed by atoms with van der Waals surface area (Å²) < 4.78 is 0.809. The lowest BCUT2D eigenvalue weighted by molar-refractivity contribution is 0.832. The van der Waals surface area contributed by atoms with Crippen molar-refractivity contribution in [1.29, 1.82) is 0 Å². The maximum absolute atomic E-state index is 5.94. The number of nitrogens with one attached hydrogen (secondary N) is 2. The first-order chi connectivity index (χ1) is 9.63. The van der Waals surface area contributed by atoms with E-state index in [0.717, 1.165) is 46.7 Å². The highest BCUT2D eigenvalue weighted by Gasteiger charge is 2.10. The Balaban J connectivity index is 2.18. The summed E-state index contributed by atoms with van der Waals surface area (Å²) in [5, 5.41) is 6.50. The molecule has 2 aromatic rings. The molecule has 0 bridgehead atoms. The molecule has 0 saturated carbocycles. The highest BCUT2D eigenvalue weighted by atomic mass is 35.5. The minimum Gasteiger partial charge on any atom is -0.373 e. The van der Waals surface area contributed by atoms with Gasteiger partial charge in [-0.2, -0.15) is 0 Å². The third-order valence-electron chi connectivity index (χ3n) is 2.96. The molecule has 108 valence electrons.